The Bertz CT molecular complexity index is 571. The quantitative estimate of drug-likeness (QED) is 0.870. The van der Waals surface area contributed by atoms with Crippen LogP contribution in [0.4, 0.5) is 13.2 Å². The van der Waals surface area contributed by atoms with Crippen molar-refractivity contribution in [2.24, 2.45) is 0 Å². The van der Waals surface area contributed by atoms with Crippen molar-refractivity contribution in [3.8, 4) is 0 Å². The SMILES string of the molecule is CC[C@@H](CO)NS(=O)(=O)c1ccc(Cl)cc1C(F)(F)F. The molecule has 0 saturated heterocycles. The van der Waals surface area contributed by atoms with Crippen molar-refractivity contribution in [3.63, 3.8) is 0 Å². The van der Waals surface area contributed by atoms with Gasteiger partial charge in [-0.2, -0.15) is 13.2 Å². The second-order valence-electron chi connectivity index (χ2n) is 4.05. The summed E-state index contributed by atoms with van der Waals surface area (Å²) in [7, 11) is -4.40. The van der Waals surface area contributed by atoms with Gasteiger partial charge in [0, 0.05) is 11.1 Å². The van der Waals surface area contributed by atoms with Crippen molar-refractivity contribution in [2.45, 2.75) is 30.5 Å². The zero-order valence-electron chi connectivity index (χ0n) is 10.4. The minimum Gasteiger partial charge on any atom is -0.395 e. The molecule has 1 aromatic carbocycles. The molecule has 4 nitrogen and oxygen atoms in total. The molecular weight excluding hydrogens is 319 g/mol. The average molecular weight is 332 g/mol. The standard InChI is InChI=1S/C11H13ClF3NO3S/c1-2-8(6-17)16-20(18,19)10-4-3-7(12)5-9(10)11(13,14)15/h3-5,8,16-17H,2,6H2,1H3/t8-/m0/s1. The van der Waals surface area contributed by atoms with Gasteiger partial charge in [-0.15, -0.1) is 0 Å². The van der Waals surface area contributed by atoms with Crippen LogP contribution in [0.25, 0.3) is 0 Å². The summed E-state index contributed by atoms with van der Waals surface area (Å²) in [6.45, 7) is 1.08. The van der Waals surface area contributed by atoms with Crippen molar-refractivity contribution in [3.05, 3.63) is 28.8 Å². The van der Waals surface area contributed by atoms with Gasteiger partial charge < -0.3 is 5.11 Å². The first-order chi connectivity index (χ1) is 9.11. The monoisotopic (exact) mass is 331 g/mol. The molecule has 0 bridgehead atoms. The number of halogens is 4. The lowest BCUT2D eigenvalue weighted by Crippen LogP contribution is -2.37. The maximum absolute atomic E-state index is 12.9. The van der Waals surface area contributed by atoms with Crippen LogP contribution in [-0.4, -0.2) is 26.2 Å². The normalized spacial score (nSPS) is 14.3. The van der Waals surface area contributed by atoms with Gasteiger partial charge in [-0.1, -0.05) is 18.5 Å². The fourth-order valence-electron chi connectivity index (χ4n) is 1.49. The molecule has 0 aliphatic heterocycles. The zero-order valence-corrected chi connectivity index (χ0v) is 12.0. The molecule has 0 aliphatic rings. The Morgan fingerprint density at radius 1 is 1.40 bits per heavy atom. The van der Waals surface area contributed by atoms with E-state index in [2.05, 4.69) is 0 Å². The van der Waals surface area contributed by atoms with Crippen LogP contribution in [-0.2, 0) is 16.2 Å². The van der Waals surface area contributed by atoms with E-state index in [1.807, 2.05) is 4.72 Å². The Morgan fingerprint density at radius 2 is 2.00 bits per heavy atom. The van der Waals surface area contributed by atoms with Crippen LogP contribution in [0.5, 0.6) is 0 Å². The van der Waals surface area contributed by atoms with Gasteiger partial charge in [0.15, 0.2) is 0 Å². The molecule has 0 radical (unpaired) electrons. The fourth-order valence-corrected chi connectivity index (χ4v) is 3.18. The Labute approximate surface area is 119 Å². The van der Waals surface area contributed by atoms with Gasteiger partial charge in [0.05, 0.1) is 17.1 Å². The van der Waals surface area contributed by atoms with Crippen molar-refractivity contribution in [1.29, 1.82) is 0 Å². The minimum absolute atomic E-state index is 0.217. The summed E-state index contributed by atoms with van der Waals surface area (Å²) >= 11 is 5.48. The van der Waals surface area contributed by atoms with Gasteiger partial charge in [0.2, 0.25) is 10.0 Å². The van der Waals surface area contributed by atoms with Crippen LogP contribution in [0, 0.1) is 0 Å². The molecule has 0 aliphatic carbocycles. The lowest BCUT2D eigenvalue weighted by atomic mass is 10.2. The van der Waals surface area contributed by atoms with Gasteiger partial charge in [-0.3, -0.25) is 0 Å². The Balaban J connectivity index is 3.32. The summed E-state index contributed by atoms with van der Waals surface area (Å²) < 4.78 is 64.5. The number of alkyl halides is 3. The summed E-state index contributed by atoms with van der Waals surface area (Å²) in [5.74, 6) is 0. The first kappa shape index (κ1) is 17.2. The number of hydrogen-bond donors (Lipinski definition) is 2. The first-order valence-corrected chi connectivity index (χ1v) is 7.48. The number of aliphatic hydroxyl groups excluding tert-OH is 1. The third-order valence-corrected chi connectivity index (χ3v) is 4.39. The number of sulfonamides is 1. The predicted molar refractivity (Wildman–Crippen MR) is 67.9 cm³/mol. The Kier molecular flexibility index (Phi) is 5.42. The summed E-state index contributed by atoms with van der Waals surface area (Å²) in [5.41, 5.74) is -1.34. The maximum Gasteiger partial charge on any atom is 0.417 e. The molecule has 0 amide bonds. The fraction of sp³-hybridized carbons (Fsp3) is 0.455. The highest BCUT2D eigenvalue weighted by molar-refractivity contribution is 7.89. The van der Waals surface area contributed by atoms with E-state index in [4.69, 9.17) is 16.7 Å². The molecule has 1 rings (SSSR count). The number of hydrogen-bond acceptors (Lipinski definition) is 3. The van der Waals surface area contributed by atoms with Gasteiger partial charge in [0.25, 0.3) is 0 Å². The average Bonchev–Trinajstić information content (AvgIpc) is 2.34. The molecule has 1 atom stereocenters. The minimum atomic E-state index is -4.85. The van der Waals surface area contributed by atoms with Crippen LogP contribution in [0.1, 0.15) is 18.9 Å². The Morgan fingerprint density at radius 3 is 2.45 bits per heavy atom. The van der Waals surface area contributed by atoms with Crippen molar-refractivity contribution < 1.29 is 26.7 Å². The smallest absolute Gasteiger partial charge is 0.395 e. The van der Waals surface area contributed by atoms with Gasteiger partial charge in [-0.25, -0.2) is 13.1 Å². The van der Waals surface area contributed by atoms with E-state index < -0.39 is 39.3 Å². The van der Waals surface area contributed by atoms with E-state index in [-0.39, 0.29) is 11.4 Å². The van der Waals surface area contributed by atoms with Crippen molar-refractivity contribution >= 4 is 21.6 Å². The van der Waals surface area contributed by atoms with Crippen molar-refractivity contribution in [1.82, 2.24) is 4.72 Å². The molecule has 9 heteroatoms. The zero-order chi connectivity index (χ0) is 15.6. The van der Waals surface area contributed by atoms with Gasteiger partial charge >= 0.3 is 6.18 Å². The van der Waals surface area contributed by atoms with E-state index >= 15 is 0 Å². The first-order valence-electron chi connectivity index (χ1n) is 5.61. The van der Waals surface area contributed by atoms with Crippen molar-refractivity contribution in [2.75, 3.05) is 6.61 Å². The van der Waals surface area contributed by atoms with Crippen LogP contribution < -0.4 is 4.72 Å². The lowest BCUT2D eigenvalue weighted by Gasteiger charge is -2.17. The van der Waals surface area contributed by atoms with Crippen LogP contribution in [0.15, 0.2) is 23.1 Å². The second-order valence-corrected chi connectivity index (χ2v) is 6.17. The third-order valence-electron chi connectivity index (χ3n) is 2.57. The summed E-state index contributed by atoms with van der Waals surface area (Å²) in [4.78, 5) is -0.915. The second kappa shape index (κ2) is 6.30. The highest BCUT2D eigenvalue weighted by Crippen LogP contribution is 2.35. The van der Waals surface area contributed by atoms with E-state index in [9.17, 15) is 21.6 Å². The molecule has 1 aromatic rings. The predicted octanol–water partition coefficient (Wildman–Crippen LogP) is 2.41. The van der Waals surface area contributed by atoms with Gasteiger partial charge in [0.1, 0.15) is 0 Å². The van der Waals surface area contributed by atoms with E-state index in [0.717, 1.165) is 12.1 Å². The summed E-state index contributed by atoms with van der Waals surface area (Å²) in [6, 6.07) is 1.55. The number of rotatable bonds is 5. The molecule has 0 heterocycles. The lowest BCUT2D eigenvalue weighted by molar-refractivity contribution is -0.139. The molecule has 0 fully saturated rings. The molecule has 0 spiro atoms. The van der Waals surface area contributed by atoms with Crippen LogP contribution >= 0.6 is 11.6 Å². The molecule has 0 unspecified atom stereocenters. The maximum atomic E-state index is 12.9. The molecule has 0 saturated carbocycles. The van der Waals surface area contributed by atoms with E-state index in [1.165, 1.54) is 0 Å². The highest BCUT2D eigenvalue weighted by Gasteiger charge is 2.37. The highest BCUT2D eigenvalue weighted by atomic mass is 35.5. The largest absolute Gasteiger partial charge is 0.417 e. The number of benzene rings is 1. The van der Waals surface area contributed by atoms with Crippen LogP contribution in [0.3, 0.4) is 0 Å². The summed E-state index contributed by atoms with van der Waals surface area (Å²) in [5, 5.41) is 8.72. The molecule has 114 valence electrons. The molecular formula is C11H13ClF3NO3S. The third kappa shape index (κ3) is 4.08. The Hall–Kier alpha value is -0.830. The van der Waals surface area contributed by atoms with E-state index in [1.54, 1.807) is 6.92 Å². The summed E-state index contributed by atoms with van der Waals surface area (Å²) in [6.07, 6.45) is -4.61. The topological polar surface area (TPSA) is 66.4 Å². The van der Waals surface area contributed by atoms with Gasteiger partial charge in [-0.05, 0) is 24.6 Å². The molecule has 20 heavy (non-hydrogen) atoms. The number of aliphatic hydroxyl groups is 1. The van der Waals surface area contributed by atoms with Crippen LogP contribution in [0.2, 0.25) is 5.02 Å². The molecule has 0 aromatic heterocycles. The van der Waals surface area contributed by atoms with E-state index in [0.29, 0.717) is 6.07 Å². The molecule has 2 N–H and O–H groups in total. The number of nitrogens with one attached hydrogen (secondary N) is 1.